The van der Waals surface area contributed by atoms with E-state index in [2.05, 4.69) is 33.4 Å². The zero-order valence-electron chi connectivity index (χ0n) is 17.6. The Bertz CT molecular complexity index is 953. The molecule has 1 aromatic heterocycles. The van der Waals surface area contributed by atoms with Crippen molar-refractivity contribution in [1.82, 2.24) is 15.2 Å². The molecule has 30 heavy (non-hydrogen) atoms. The van der Waals surface area contributed by atoms with Crippen LogP contribution in [0.5, 0.6) is 5.75 Å². The number of rotatable bonds is 8. The van der Waals surface area contributed by atoms with Gasteiger partial charge in [-0.1, -0.05) is 36.4 Å². The monoisotopic (exact) mass is 405 g/mol. The lowest BCUT2D eigenvalue weighted by atomic mass is 9.97. The number of carbonyl (C=O) groups excluding carboxylic acids is 1. The van der Waals surface area contributed by atoms with Crippen molar-refractivity contribution in [2.75, 3.05) is 26.2 Å². The van der Waals surface area contributed by atoms with E-state index in [0.717, 1.165) is 43.6 Å². The molecule has 2 unspecified atom stereocenters. The average molecular weight is 406 g/mol. The van der Waals surface area contributed by atoms with Gasteiger partial charge in [-0.15, -0.1) is 0 Å². The van der Waals surface area contributed by atoms with E-state index in [-0.39, 0.29) is 11.9 Å². The van der Waals surface area contributed by atoms with Gasteiger partial charge >= 0.3 is 0 Å². The Hall–Kier alpha value is -2.79. The van der Waals surface area contributed by atoms with Crippen LogP contribution in [0.3, 0.4) is 0 Å². The van der Waals surface area contributed by atoms with Crippen LogP contribution >= 0.6 is 0 Å². The minimum absolute atomic E-state index is 0.111. The Kier molecular flexibility index (Phi) is 6.70. The third-order valence-electron chi connectivity index (χ3n) is 6.07. The number of nitrogens with one attached hydrogen (secondary N) is 2. The van der Waals surface area contributed by atoms with Gasteiger partial charge < -0.3 is 15.0 Å². The highest BCUT2D eigenvalue weighted by Gasteiger charge is 2.27. The van der Waals surface area contributed by atoms with Gasteiger partial charge in [-0.3, -0.25) is 9.69 Å². The lowest BCUT2D eigenvalue weighted by Crippen LogP contribution is -2.50. The first-order chi connectivity index (χ1) is 14.7. The molecular weight excluding hydrogens is 374 g/mol. The molecule has 1 aliphatic heterocycles. The third-order valence-corrected chi connectivity index (χ3v) is 6.07. The van der Waals surface area contributed by atoms with Crippen molar-refractivity contribution in [2.45, 2.75) is 32.2 Å². The molecule has 1 aliphatic rings. The van der Waals surface area contributed by atoms with Gasteiger partial charge in [-0.05, 0) is 56.5 Å². The summed E-state index contributed by atoms with van der Waals surface area (Å²) in [6.07, 6.45) is 5.13. The van der Waals surface area contributed by atoms with Crippen LogP contribution in [0.1, 0.15) is 25.3 Å². The lowest BCUT2D eigenvalue weighted by Gasteiger charge is -2.36. The Labute approximate surface area is 178 Å². The maximum absolute atomic E-state index is 12.7. The van der Waals surface area contributed by atoms with Crippen molar-refractivity contribution in [2.24, 2.45) is 5.92 Å². The van der Waals surface area contributed by atoms with Gasteiger partial charge in [0.1, 0.15) is 5.75 Å². The summed E-state index contributed by atoms with van der Waals surface area (Å²) in [5, 5.41) is 4.36. The maximum Gasteiger partial charge on any atom is 0.237 e. The summed E-state index contributed by atoms with van der Waals surface area (Å²) in [4.78, 5) is 18.3. The van der Waals surface area contributed by atoms with Crippen molar-refractivity contribution >= 4 is 16.8 Å². The number of H-pyrrole nitrogens is 1. The van der Waals surface area contributed by atoms with E-state index in [1.807, 2.05) is 49.5 Å². The number of aromatic amines is 1. The van der Waals surface area contributed by atoms with Crippen molar-refractivity contribution in [3.63, 3.8) is 0 Å². The van der Waals surface area contributed by atoms with Crippen LogP contribution in [0, 0.1) is 5.92 Å². The summed E-state index contributed by atoms with van der Waals surface area (Å²) in [7, 11) is 0. The van der Waals surface area contributed by atoms with Crippen molar-refractivity contribution < 1.29 is 9.53 Å². The van der Waals surface area contributed by atoms with Gasteiger partial charge in [0.15, 0.2) is 0 Å². The zero-order valence-corrected chi connectivity index (χ0v) is 17.6. The number of likely N-dealkylation sites (tertiary alicyclic amines) is 1. The number of hydrogen-bond acceptors (Lipinski definition) is 3. The molecule has 2 aromatic carbocycles. The zero-order chi connectivity index (χ0) is 20.8. The molecule has 2 heterocycles. The predicted octanol–water partition coefficient (Wildman–Crippen LogP) is 4.01. The Balaban J connectivity index is 1.23. The van der Waals surface area contributed by atoms with Crippen LogP contribution in [-0.4, -0.2) is 48.1 Å². The quantitative estimate of drug-likeness (QED) is 0.595. The molecule has 4 rings (SSSR count). The predicted molar refractivity (Wildman–Crippen MR) is 121 cm³/mol. The summed E-state index contributed by atoms with van der Waals surface area (Å²) in [6, 6.07) is 18.1. The van der Waals surface area contributed by atoms with Crippen molar-refractivity contribution in [3.05, 3.63) is 66.4 Å². The molecule has 1 fully saturated rings. The second kappa shape index (κ2) is 9.81. The van der Waals surface area contributed by atoms with Crippen LogP contribution < -0.4 is 10.1 Å². The normalized spacial score (nSPS) is 18.2. The highest BCUT2D eigenvalue weighted by Crippen LogP contribution is 2.21. The maximum atomic E-state index is 12.7. The van der Waals surface area contributed by atoms with E-state index in [4.69, 9.17) is 4.74 Å². The fourth-order valence-electron chi connectivity index (χ4n) is 4.29. The van der Waals surface area contributed by atoms with Crippen LogP contribution in [0.4, 0.5) is 0 Å². The lowest BCUT2D eigenvalue weighted by molar-refractivity contribution is -0.126. The van der Waals surface area contributed by atoms with Gasteiger partial charge in [-0.2, -0.15) is 0 Å². The number of ether oxygens (including phenoxy) is 1. The van der Waals surface area contributed by atoms with E-state index in [9.17, 15) is 4.79 Å². The number of hydrogen-bond donors (Lipinski definition) is 2. The molecule has 0 aliphatic carbocycles. The van der Waals surface area contributed by atoms with Crippen LogP contribution in [0.15, 0.2) is 60.8 Å². The van der Waals surface area contributed by atoms with Crippen molar-refractivity contribution in [3.8, 4) is 5.75 Å². The van der Waals surface area contributed by atoms with Crippen molar-refractivity contribution in [1.29, 1.82) is 0 Å². The summed E-state index contributed by atoms with van der Waals surface area (Å²) in [5.74, 6) is 1.48. The molecule has 0 saturated carbocycles. The number of para-hydroxylation sites is 2. The molecule has 158 valence electrons. The molecule has 5 heteroatoms. The number of carbonyl (C=O) groups is 1. The first-order valence-corrected chi connectivity index (χ1v) is 11.0. The van der Waals surface area contributed by atoms with E-state index in [1.54, 1.807) is 0 Å². The summed E-state index contributed by atoms with van der Waals surface area (Å²) >= 11 is 0. The summed E-state index contributed by atoms with van der Waals surface area (Å²) in [5.41, 5.74) is 2.39. The minimum atomic E-state index is -0.118. The number of nitrogens with zero attached hydrogens (tertiary/aromatic N) is 1. The third kappa shape index (κ3) is 5.03. The molecule has 1 amide bonds. The van der Waals surface area contributed by atoms with Crippen LogP contribution in [0.2, 0.25) is 0 Å². The minimum Gasteiger partial charge on any atom is -0.493 e. The van der Waals surface area contributed by atoms with E-state index in [1.165, 1.54) is 10.9 Å². The molecule has 3 aromatic rings. The second-order valence-corrected chi connectivity index (χ2v) is 8.20. The topological polar surface area (TPSA) is 57.4 Å². The average Bonchev–Trinajstić information content (AvgIpc) is 3.21. The first kappa shape index (κ1) is 20.5. The Morgan fingerprint density at radius 3 is 2.87 bits per heavy atom. The van der Waals surface area contributed by atoms with E-state index in [0.29, 0.717) is 19.1 Å². The van der Waals surface area contributed by atoms with Gasteiger partial charge in [0.2, 0.25) is 5.91 Å². The van der Waals surface area contributed by atoms with E-state index >= 15 is 0 Å². The molecule has 1 saturated heterocycles. The SMILES string of the molecule is CC(C(=O)NCCc1c[nH]c2ccccc12)N1CCCC(COc2ccccc2)C1. The number of amides is 1. The highest BCUT2D eigenvalue weighted by atomic mass is 16.5. The fraction of sp³-hybridized carbons (Fsp3) is 0.400. The van der Waals surface area contributed by atoms with Crippen LogP contribution in [0.25, 0.3) is 10.9 Å². The molecule has 2 N–H and O–H groups in total. The molecular formula is C25H31N3O2. The Morgan fingerprint density at radius 2 is 2.00 bits per heavy atom. The summed E-state index contributed by atoms with van der Waals surface area (Å²) < 4.78 is 5.95. The molecule has 0 bridgehead atoms. The molecule has 0 spiro atoms. The first-order valence-electron chi connectivity index (χ1n) is 11.0. The fourth-order valence-corrected chi connectivity index (χ4v) is 4.29. The highest BCUT2D eigenvalue weighted by molar-refractivity contribution is 5.83. The number of aromatic nitrogens is 1. The Morgan fingerprint density at radius 1 is 1.20 bits per heavy atom. The van der Waals surface area contributed by atoms with Gasteiger partial charge in [0.05, 0.1) is 12.6 Å². The molecule has 2 atom stereocenters. The van der Waals surface area contributed by atoms with Crippen LogP contribution in [-0.2, 0) is 11.2 Å². The number of fused-ring (bicyclic) bond motifs is 1. The van der Waals surface area contributed by atoms with Gasteiger partial charge in [0.25, 0.3) is 0 Å². The smallest absolute Gasteiger partial charge is 0.237 e. The number of piperidine rings is 1. The molecule has 5 nitrogen and oxygen atoms in total. The standard InChI is InChI=1S/C25H31N3O2/c1-19(25(29)26-14-13-21-16-27-24-12-6-5-11-23(21)24)28-15-7-8-20(17-28)18-30-22-9-3-2-4-10-22/h2-6,9-12,16,19-20,27H,7-8,13-15,17-18H2,1H3,(H,26,29). The molecule has 0 radical (unpaired) electrons. The number of benzene rings is 2. The van der Waals surface area contributed by atoms with Gasteiger partial charge in [-0.25, -0.2) is 0 Å². The second-order valence-electron chi connectivity index (χ2n) is 8.20. The largest absolute Gasteiger partial charge is 0.493 e. The summed E-state index contributed by atoms with van der Waals surface area (Å²) in [6.45, 7) is 5.25. The van der Waals surface area contributed by atoms with E-state index < -0.39 is 0 Å². The van der Waals surface area contributed by atoms with Gasteiger partial charge in [0, 0.05) is 36.1 Å².